The minimum atomic E-state index is -0.353. The minimum absolute atomic E-state index is 0. The Morgan fingerprint density at radius 2 is 1.40 bits per heavy atom. The van der Waals surface area contributed by atoms with Crippen LogP contribution in [0.1, 0.15) is 78.1 Å². The van der Waals surface area contributed by atoms with Crippen LogP contribution in [0.25, 0.3) is 0 Å². The monoisotopic (exact) mass is 464 g/mol. The van der Waals surface area contributed by atoms with E-state index in [1.54, 1.807) is 0 Å². The number of rotatable bonds is 13. The summed E-state index contributed by atoms with van der Waals surface area (Å²) < 4.78 is 0. The third-order valence-corrected chi connectivity index (χ3v) is 6.10. The van der Waals surface area contributed by atoms with Gasteiger partial charge in [0.2, 0.25) is 0 Å². The molecular formula is C17H37IOSe. The average Bonchev–Trinajstić information content (AvgIpc) is 2.30. The fourth-order valence-electron chi connectivity index (χ4n) is 2.79. The molecule has 0 aromatic heterocycles. The van der Waals surface area contributed by atoms with Crippen LogP contribution in [-0.2, 0) is 0 Å². The van der Waals surface area contributed by atoms with Gasteiger partial charge in [-0.1, -0.05) is 0 Å². The summed E-state index contributed by atoms with van der Waals surface area (Å²) in [4.78, 5) is 0. The van der Waals surface area contributed by atoms with Gasteiger partial charge in [0.25, 0.3) is 0 Å². The Hall–Kier alpha value is 1.21. The second-order valence-corrected chi connectivity index (χ2v) is 11.2. The first kappa shape index (κ1) is 23.5. The molecule has 0 aliphatic carbocycles. The number of hydrogen-bond acceptors (Lipinski definition) is 1. The van der Waals surface area contributed by atoms with Gasteiger partial charge in [0.15, 0.2) is 0 Å². The van der Waals surface area contributed by atoms with Crippen LogP contribution in [0.15, 0.2) is 0 Å². The van der Waals surface area contributed by atoms with Gasteiger partial charge in [0, 0.05) is 0 Å². The van der Waals surface area contributed by atoms with Crippen molar-refractivity contribution >= 4 is 13.9 Å². The molecule has 124 valence electrons. The SMILES string of the molecule is CCCCCCCCCCC(CC(C)O)C[Se+](C)C.[I-]. The van der Waals surface area contributed by atoms with Crippen molar-refractivity contribution in [3.63, 3.8) is 0 Å². The number of hydrogen-bond donors (Lipinski definition) is 1. The molecule has 1 N–H and O–H groups in total. The summed E-state index contributed by atoms with van der Waals surface area (Å²) in [6, 6.07) is 0. The van der Waals surface area contributed by atoms with Gasteiger partial charge in [0.05, 0.1) is 0 Å². The molecule has 0 aromatic carbocycles. The first-order valence-corrected chi connectivity index (χ1v) is 12.9. The molecular weight excluding hydrogens is 426 g/mol. The smallest absolute Gasteiger partial charge is 1.00 e. The van der Waals surface area contributed by atoms with Gasteiger partial charge >= 0.3 is 126 Å². The first-order valence-electron chi connectivity index (χ1n) is 8.28. The van der Waals surface area contributed by atoms with Crippen LogP contribution in [0.2, 0.25) is 17.0 Å². The molecule has 0 aliphatic rings. The molecule has 0 saturated heterocycles. The van der Waals surface area contributed by atoms with Crippen molar-refractivity contribution < 1.29 is 29.1 Å². The van der Waals surface area contributed by atoms with Crippen molar-refractivity contribution in [2.24, 2.45) is 5.92 Å². The zero-order valence-corrected chi connectivity index (χ0v) is 18.0. The van der Waals surface area contributed by atoms with Gasteiger partial charge in [-0.2, -0.15) is 0 Å². The fourth-order valence-corrected chi connectivity index (χ4v) is 5.40. The second-order valence-electron chi connectivity index (χ2n) is 6.37. The molecule has 2 atom stereocenters. The molecule has 0 heterocycles. The molecule has 0 bridgehead atoms. The molecule has 20 heavy (non-hydrogen) atoms. The first-order chi connectivity index (χ1) is 9.06. The Bertz CT molecular complexity index is 176. The van der Waals surface area contributed by atoms with Crippen molar-refractivity contribution in [2.45, 2.75) is 101 Å². The van der Waals surface area contributed by atoms with E-state index in [9.17, 15) is 5.11 Å². The third-order valence-electron chi connectivity index (χ3n) is 3.71. The standard InChI is InChI=1S/C17H37OSe.HI/c1-5-6-7-8-9-10-11-12-13-17(14-16(2)18)15-19(3)4;/h16-18H,5-15H2,1-4H3;1H/q+1;/p-1. The van der Waals surface area contributed by atoms with Crippen LogP contribution in [0, 0.1) is 5.92 Å². The Balaban J connectivity index is 0. The van der Waals surface area contributed by atoms with Crippen LogP contribution >= 0.6 is 0 Å². The van der Waals surface area contributed by atoms with E-state index in [-0.39, 0.29) is 44.0 Å². The second kappa shape index (κ2) is 16.6. The van der Waals surface area contributed by atoms with Crippen molar-refractivity contribution in [1.82, 2.24) is 0 Å². The van der Waals surface area contributed by atoms with Gasteiger partial charge in [-0.05, 0) is 0 Å². The molecule has 0 radical (unpaired) electrons. The number of aliphatic hydroxyl groups is 1. The number of unbranched alkanes of at least 4 members (excludes halogenated alkanes) is 7. The molecule has 2 unspecified atom stereocenters. The Morgan fingerprint density at radius 1 is 0.900 bits per heavy atom. The van der Waals surface area contributed by atoms with Crippen LogP contribution in [0.4, 0.5) is 0 Å². The molecule has 1 nitrogen and oxygen atoms in total. The van der Waals surface area contributed by atoms with Gasteiger partial charge in [0.1, 0.15) is 0 Å². The predicted octanol–water partition coefficient (Wildman–Crippen LogP) is 2.66. The average molecular weight is 463 g/mol. The number of halogens is 1. The van der Waals surface area contributed by atoms with E-state index in [0.29, 0.717) is 0 Å². The topological polar surface area (TPSA) is 20.2 Å². The third kappa shape index (κ3) is 17.3. The molecule has 0 amide bonds. The molecule has 0 aliphatic heterocycles. The van der Waals surface area contributed by atoms with Gasteiger partial charge in [-0.25, -0.2) is 0 Å². The summed E-state index contributed by atoms with van der Waals surface area (Å²) >= 11 is -0.353. The summed E-state index contributed by atoms with van der Waals surface area (Å²) in [5, 5.41) is 11.0. The molecule has 0 fully saturated rings. The predicted molar refractivity (Wildman–Crippen MR) is 89.3 cm³/mol. The zero-order chi connectivity index (χ0) is 14.5. The van der Waals surface area contributed by atoms with E-state index in [2.05, 4.69) is 18.6 Å². The molecule has 0 rings (SSSR count). The Morgan fingerprint density at radius 3 is 1.85 bits per heavy atom. The Kier molecular flexibility index (Phi) is 19.5. The minimum Gasteiger partial charge on any atom is -1.00 e. The van der Waals surface area contributed by atoms with Gasteiger partial charge in [-0.3, -0.25) is 0 Å². The summed E-state index contributed by atoms with van der Waals surface area (Å²) in [6.07, 6.45) is 13.5. The maximum Gasteiger partial charge on any atom is -1.00 e. The van der Waals surface area contributed by atoms with Crippen LogP contribution in [0.5, 0.6) is 0 Å². The van der Waals surface area contributed by atoms with E-state index in [1.807, 2.05) is 6.92 Å². The van der Waals surface area contributed by atoms with Crippen LogP contribution in [-0.4, -0.2) is 25.1 Å². The normalized spacial score (nSPS) is 14.1. The molecule has 3 heteroatoms. The van der Waals surface area contributed by atoms with Crippen molar-refractivity contribution in [3.05, 3.63) is 0 Å². The van der Waals surface area contributed by atoms with Crippen molar-refractivity contribution in [3.8, 4) is 0 Å². The largest absolute Gasteiger partial charge is 1.00 e. The van der Waals surface area contributed by atoms with E-state index < -0.39 is 0 Å². The zero-order valence-electron chi connectivity index (χ0n) is 14.2. The van der Waals surface area contributed by atoms with E-state index in [4.69, 9.17) is 0 Å². The van der Waals surface area contributed by atoms with E-state index >= 15 is 0 Å². The molecule has 0 spiro atoms. The van der Waals surface area contributed by atoms with Gasteiger partial charge in [-0.15, -0.1) is 0 Å². The summed E-state index contributed by atoms with van der Waals surface area (Å²) in [6.45, 7) is 4.22. The molecule has 0 aromatic rings. The summed E-state index contributed by atoms with van der Waals surface area (Å²) in [7, 11) is 0. The number of aliphatic hydroxyl groups excluding tert-OH is 1. The van der Waals surface area contributed by atoms with Crippen molar-refractivity contribution in [2.75, 3.05) is 0 Å². The van der Waals surface area contributed by atoms with Crippen molar-refractivity contribution in [1.29, 1.82) is 0 Å². The molecule has 0 saturated carbocycles. The quantitative estimate of drug-likeness (QED) is 0.253. The summed E-state index contributed by atoms with van der Waals surface area (Å²) in [5.74, 6) is 5.63. The maximum absolute atomic E-state index is 9.57. The maximum atomic E-state index is 9.57. The fraction of sp³-hybridized carbons (Fsp3) is 1.00. The van der Waals surface area contributed by atoms with Crippen LogP contribution in [0.3, 0.4) is 0 Å². The Labute approximate surface area is 149 Å². The van der Waals surface area contributed by atoms with Crippen LogP contribution < -0.4 is 24.0 Å². The van der Waals surface area contributed by atoms with Gasteiger partial charge < -0.3 is 24.0 Å². The van der Waals surface area contributed by atoms with E-state index in [0.717, 1.165) is 12.3 Å². The van der Waals surface area contributed by atoms with E-state index in [1.165, 1.54) is 63.1 Å². The summed E-state index contributed by atoms with van der Waals surface area (Å²) in [5.41, 5.74) is 0.